The van der Waals surface area contributed by atoms with Crippen LogP contribution in [0, 0.1) is 11.7 Å². The first-order chi connectivity index (χ1) is 8.58. The lowest BCUT2D eigenvalue weighted by Crippen LogP contribution is -2.52. The van der Waals surface area contributed by atoms with E-state index in [1.54, 1.807) is 18.2 Å². The number of benzene rings is 1. The Hall–Kier alpha value is -0.930. The van der Waals surface area contributed by atoms with Crippen molar-refractivity contribution < 1.29 is 9.50 Å². The number of hydrogen-bond donors (Lipinski definition) is 2. The zero-order chi connectivity index (χ0) is 13.2. The fourth-order valence-electron chi connectivity index (χ4n) is 2.91. The van der Waals surface area contributed by atoms with Gasteiger partial charge in [-0.15, -0.1) is 0 Å². The van der Waals surface area contributed by atoms with E-state index >= 15 is 0 Å². The highest BCUT2D eigenvalue weighted by Gasteiger charge is 2.40. The topological polar surface area (TPSA) is 32.3 Å². The number of rotatable bonds is 3. The van der Waals surface area contributed by atoms with Crippen LogP contribution in [-0.2, 0) is 5.60 Å². The Morgan fingerprint density at radius 3 is 2.78 bits per heavy atom. The number of piperidine rings is 1. The summed E-state index contributed by atoms with van der Waals surface area (Å²) in [5.74, 6) is 0.253. The fraction of sp³-hybridized carbons (Fsp3) is 0.600. The average Bonchev–Trinajstić information content (AvgIpc) is 2.38. The summed E-state index contributed by atoms with van der Waals surface area (Å²) in [5.41, 5.74) is -0.695. The third-order valence-electron chi connectivity index (χ3n) is 4.12. The zero-order valence-corrected chi connectivity index (χ0v) is 11.1. The molecule has 3 unspecified atom stereocenters. The van der Waals surface area contributed by atoms with Crippen LogP contribution in [0.15, 0.2) is 24.3 Å². The van der Waals surface area contributed by atoms with Crippen LogP contribution in [0.5, 0.6) is 0 Å². The molecule has 1 heterocycles. The first kappa shape index (κ1) is 13.5. The summed E-state index contributed by atoms with van der Waals surface area (Å²) in [6.07, 6.45) is 2.52. The van der Waals surface area contributed by atoms with Crippen molar-refractivity contribution in [2.75, 3.05) is 6.54 Å². The summed E-state index contributed by atoms with van der Waals surface area (Å²) in [6, 6.07) is 6.49. The molecule has 0 bridgehead atoms. The monoisotopic (exact) mass is 251 g/mol. The van der Waals surface area contributed by atoms with Crippen molar-refractivity contribution in [3.63, 3.8) is 0 Å². The summed E-state index contributed by atoms with van der Waals surface area (Å²) in [4.78, 5) is 0. The van der Waals surface area contributed by atoms with Crippen molar-refractivity contribution in [1.82, 2.24) is 5.32 Å². The van der Waals surface area contributed by atoms with Gasteiger partial charge in [-0.1, -0.05) is 32.0 Å². The predicted octanol–water partition coefficient (Wildman–Crippen LogP) is 2.81. The Bertz CT molecular complexity index is 409. The fourth-order valence-corrected chi connectivity index (χ4v) is 2.91. The van der Waals surface area contributed by atoms with Gasteiger partial charge in [-0.2, -0.15) is 0 Å². The van der Waals surface area contributed by atoms with Gasteiger partial charge in [0.15, 0.2) is 0 Å². The number of hydrogen-bond acceptors (Lipinski definition) is 2. The molecule has 3 heteroatoms. The maximum absolute atomic E-state index is 13.9. The highest BCUT2D eigenvalue weighted by molar-refractivity contribution is 5.26. The molecular weight excluding hydrogens is 229 g/mol. The molecule has 0 aromatic heterocycles. The van der Waals surface area contributed by atoms with Gasteiger partial charge >= 0.3 is 0 Å². The average molecular weight is 251 g/mol. The van der Waals surface area contributed by atoms with Crippen LogP contribution < -0.4 is 5.32 Å². The second-order valence-electron chi connectivity index (χ2n) is 5.39. The van der Waals surface area contributed by atoms with Crippen molar-refractivity contribution in [3.05, 3.63) is 35.6 Å². The first-order valence-electron chi connectivity index (χ1n) is 6.78. The molecule has 18 heavy (non-hydrogen) atoms. The van der Waals surface area contributed by atoms with Crippen LogP contribution in [0.1, 0.15) is 38.7 Å². The van der Waals surface area contributed by atoms with E-state index in [9.17, 15) is 9.50 Å². The molecule has 2 rings (SSSR count). The molecule has 1 fully saturated rings. The maximum atomic E-state index is 13.9. The van der Waals surface area contributed by atoms with Crippen molar-refractivity contribution in [2.24, 2.45) is 5.92 Å². The Labute approximate surface area is 108 Å². The molecule has 0 aliphatic carbocycles. The molecule has 100 valence electrons. The predicted molar refractivity (Wildman–Crippen MR) is 70.8 cm³/mol. The number of nitrogens with one attached hydrogen (secondary N) is 1. The summed E-state index contributed by atoms with van der Waals surface area (Å²) >= 11 is 0. The van der Waals surface area contributed by atoms with Gasteiger partial charge in [-0.05, 0) is 37.8 Å². The second-order valence-corrected chi connectivity index (χ2v) is 5.39. The minimum absolute atomic E-state index is 0.0665. The van der Waals surface area contributed by atoms with E-state index in [0.717, 1.165) is 19.4 Å². The molecule has 3 atom stereocenters. The molecule has 1 aliphatic heterocycles. The van der Waals surface area contributed by atoms with E-state index in [4.69, 9.17) is 0 Å². The lowest BCUT2D eigenvalue weighted by molar-refractivity contribution is -0.0249. The molecule has 0 spiro atoms. The molecule has 1 aromatic rings. The van der Waals surface area contributed by atoms with E-state index < -0.39 is 5.60 Å². The van der Waals surface area contributed by atoms with Gasteiger partial charge in [0.1, 0.15) is 11.4 Å². The van der Waals surface area contributed by atoms with Crippen LogP contribution in [0.3, 0.4) is 0 Å². The molecule has 0 radical (unpaired) electrons. The SMILES string of the molecule is CCC(O)(c1ccccc1F)C1CC(C)CCN1. The van der Waals surface area contributed by atoms with E-state index in [1.165, 1.54) is 6.07 Å². The molecule has 1 aromatic carbocycles. The normalized spacial score (nSPS) is 27.8. The summed E-state index contributed by atoms with van der Waals surface area (Å²) in [7, 11) is 0. The molecular formula is C15H22FNO. The summed E-state index contributed by atoms with van der Waals surface area (Å²) in [6.45, 7) is 4.99. The molecule has 0 saturated carbocycles. The van der Waals surface area contributed by atoms with Gasteiger partial charge in [0.2, 0.25) is 0 Å². The highest BCUT2D eigenvalue weighted by Crippen LogP contribution is 2.35. The molecule has 0 amide bonds. The minimum Gasteiger partial charge on any atom is -0.383 e. The molecule has 2 nitrogen and oxygen atoms in total. The lowest BCUT2D eigenvalue weighted by Gasteiger charge is -2.41. The van der Waals surface area contributed by atoms with Crippen LogP contribution in [-0.4, -0.2) is 17.7 Å². The maximum Gasteiger partial charge on any atom is 0.129 e. The molecule has 2 N–H and O–H groups in total. The quantitative estimate of drug-likeness (QED) is 0.866. The van der Waals surface area contributed by atoms with Crippen molar-refractivity contribution in [2.45, 2.75) is 44.8 Å². The summed E-state index contributed by atoms with van der Waals surface area (Å²) < 4.78 is 13.9. The molecule has 1 saturated heterocycles. The smallest absolute Gasteiger partial charge is 0.129 e. The van der Waals surface area contributed by atoms with Gasteiger partial charge in [-0.25, -0.2) is 4.39 Å². The third kappa shape index (κ3) is 2.43. The van der Waals surface area contributed by atoms with Gasteiger partial charge in [0.25, 0.3) is 0 Å². The van der Waals surface area contributed by atoms with Crippen molar-refractivity contribution in [3.8, 4) is 0 Å². The third-order valence-corrected chi connectivity index (χ3v) is 4.12. The van der Waals surface area contributed by atoms with E-state index in [2.05, 4.69) is 12.2 Å². The lowest BCUT2D eigenvalue weighted by atomic mass is 9.77. The van der Waals surface area contributed by atoms with Gasteiger partial charge in [0, 0.05) is 11.6 Å². The van der Waals surface area contributed by atoms with Gasteiger partial charge in [-0.3, -0.25) is 0 Å². The van der Waals surface area contributed by atoms with Crippen LogP contribution in [0.4, 0.5) is 4.39 Å². The standard InChI is InChI=1S/C15H22FNO/c1-3-15(18,12-6-4-5-7-13(12)16)14-10-11(2)8-9-17-14/h4-7,11,14,17-18H,3,8-10H2,1-2H3. The highest BCUT2D eigenvalue weighted by atomic mass is 19.1. The minimum atomic E-state index is -1.11. The number of halogens is 1. The van der Waals surface area contributed by atoms with Crippen LogP contribution in [0.2, 0.25) is 0 Å². The largest absolute Gasteiger partial charge is 0.383 e. The Balaban J connectivity index is 2.32. The van der Waals surface area contributed by atoms with Crippen LogP contribution >= 0.6 is 0 Å². The van der Waals surface area contributed by atoms with Gasteiger partial charge < -0.3 is 10.4 Å². The van der Waals surface area contributed by atoms with E-state index in [-0.39, 0.29) is 11.9 Å². The summed E-state index contributed by atoms with van der Waals surface area (Å²) in [5, 5.41) is 14.3. The zero-order valence-electron chi connectivity index (χ0n) is 11.1. The molecule has 1 aliphatic rings. The van der Waals surface area contributed by atoms with E-state index in [0.29, 0.717) is 17.9 Å². The Morgan fingerprint density at radius 1 is 1.44 bits per heavy atom. The second kappa shape index (κ2) is 5.37. The van der Waals surface area contributed by atoms with Crippen molar-refractivity contribution in [1.29, 1.82) is 0 Å². The van der Waals surface area contributed by atoms with Crippen LogP contribution in [0.25, 0.3) is 0 Å². The Kier molecular flexibility index (Phi) is 4.03. The Morgan fingerprint density at radius 2 is 2.17 bits per heavy atom. The van der Waals surface area contributed by atoms with E-state index in [1.807, 2.05) is 6.92 Å². The van der Waals surface area contributed by atoms with Gasteiger partial charge in [0.05, 0.1) is 0 Å². The number of aliphatic hydroxyl groups is 1. The first-order valence-corrected chi connectivity index (χ1v) is 6.78. The van der Waals surface area contributed by atoms with Crippen molar-refractivity contribution >= 4 is 0 Å².